The lowest BCUT2D eigenvalue weighted by Crippen LogP contribution is -2.52. The molecule has 5 nitrogen and oxygen atoms in total. The standard InChI is InChI=1S/C20H25N5S.HI/c1-2-22-20(23-15-18-7-5-17(14-21)6-8-18)25-11-9-24(10-12-25)16-19-4-3-13-26-19;/h3-8,13H,2,9-12,15-16H2,1H3,(H,22,23);1H. The number of rotatable bonds is 5. The van der Waals surface area contributed by atoms with Gasteiger partial charge in [0, 0.05) is 44.1 Å². The lowest BCUT2D eigenvalue weighted by atomic mass is 10.1. The molecule has 1 saturated heterocycles. The van der Waals surface area contributed by atoms with Gasteiger partial charge in [-0.15, -0.1) is 35.3 Å². The van der Waals surface area contributed by atoms with E-state index < -0.39 is 0 Å². The molecule has 0 atom stereocenters. The normalized spacial score (nSPS) is 15.1. The van der Waals surface area contributed by atoms with Crippen molar-refractivity contribution in [2.24, 2.45) is 4.99 Å². The van der Waals surface area contributed by atoms with Crippen LogP contribution in [0.3, 0.4) is 0 Å². The quantitative estimate of drug-likeness (QED) is 0.392. The average Bonchev–Trinajstić information content (AvgIpc) is 3.19. The highest BCUT2D eigenvalue weighted by atomic mass is 127. The Morgan fingerprint density at radius 3 is 2.52 bits per heavy atom. The number of halogens is 1. The molecule has 144 valence electrons. The van der Waals surface area contributed by atoms with Gasteiger partial charge in [-0.1, -0.05) is 18.2 Å². The third kappa shape index (κ3) is 6.48. The molecule has 1 aliphatic heterocycles. The van der Waals surface area contributed by atoms with Crippen LogP contribution in [-0.2, 0) is 13.1 Å². The second-order valence-corrected chi connectivity index (χ2v) is 7.35. The van der Waals surface area contributed by atoms with Crippen molar-refractivity contribution in [1.29, 1.82) is 5.26 Å². The summed E-state index contributed by atoms with van der Waals surface area (Å²) in [7, 11) is 0. The van der Waals surface area contributed by atoms with Crippen molar-refractivity contribution in [2.75, 3.05) is 32.7 Å². The lowest BCUT2D eigenvalue weighted by Gasteiger charge is -2.36. The van der Waals surface area contributed by atoms with Crippen molar-refractivity contribution < 1.29 is 0 Å². The number of benzene rings is 1. The summed E-state index contributed by atoms with van der Waals surface area (Å²) >= 11 is 1.83. The minimum Gasteiger partial charge on any atom is -0.357 e. The van der Waals surface area contributed by atoms with E-state index in [1.54, 1.807) is 0 Å². The topological polar surface area (TPSA) is 54.7 Å². The molecule has 0 spiro atoms. The molecule has 2 heterocycles. The van der Waals surface area contributed by atoms with Gasteiger partial charge < -0.3 is 10.2 Å². The van der Waals surface area contributed by atoms with Crippen molar-refractivity contribution in [3.63, 3.8) is 0 Å². The summed E-state index contributed by atoms with van der Waals surface area (Å²) in [5, 5.41) is 14.4. The van der Waals surface area contributed by atoms with Crippen molar-refractivity contribution in [1.82, 2.24) is 15.1 Å². The van der Waals surface area contributed by atoms with Gasteiger partial charge in [-0.3, -0.25) is 4.90 Å². The predicted octanol–water partition coefficient (Wildman–Crippen LogP) is 3.52. The highest BCUT2D eigenvalue weighted by molar-refractivity contribution is 14.0. The Hall–Kier alpha value is -1.63. The second kappa shape index (κ2) is 11.3. The molecule has 0 aliphatic carbocycles. The molecular formula is C20H26IN5S. The second-order valence-electron chi connectivity index (χ2n) is 6.32. The fourth-order valence-corrected chi connectivity index (χ4v) is 3.76. The van der Waals surface area contributed by atoms with Crippen molar-refractivity contribution in [3.8, 4) is 6.07 Å². The summed E-state index contributed by atoms with van der Waals surface area (Å²) < 4.78 is 0. The number of nitrogens with zero attached hydrogens (tertiary/aromatic N) is 4. The van der Waals surface area contributed by atoms with Crippen LogP contribution in [0.5, 0.6) is 0 Å². The molecule has 1 aliphatic rings. The maximum absolute atomic E-state index is 8.89. The molecule has 1 fully saturated rings. The van der Waals surface area contributed by atoms with Crippen LogP contribution < -0.4 is 5.32 Å². The number of nitriles is 1. The first-order chi connectivity index (χ1) is 12.8. The molecule has 0 radical (unpaired) electrons. The Morgan fingerprint density at radius 2 is 1.93 bits per heavy atom. The van der Waals surface area contributed by atoms with Gasteiger partial charge in [0.1, 0.15) is 0 Å². The maximum Gasteiger partial charge on any atom is 0.194 e. The molecule has 27 heavy (non-hydrogen) atoms. The zero-order valence-corrected chi connectivity index (χ0v) is 18.7. The molecule has 0 bridgehead atoms. The molecule has 1 aromatic heterocycles. The minimum absolute atomic E-state index is 0. The predicted molar refractivity (Wildman–Crippen MR) is 123 cm³/mol. The van der Waals surface area contributed by atoms with Crippen molar-refractivity contribution >= 4 is 41.3 Å². The van der Waals surface area contributed by atoms with Crippen LogP contribution in [0.25, 0.3) is 0 Å². The van der Waals surface area contributed by atoms with Crippen LogP contribution in [0.1, 0.15) is 22.9 Å². The Balaban J connectivity index is 0.00000261. The maximum atomic E-state index is 8.89. The Labute approximate surface area is 182 Å². The van der Waals surface area contributed by atoms with Gasteiger partial charge in [-0.05, 0) is 36.1 Å². The van der Waals surface area contributed by atoms with E-state index in [1.807, 2.05) is 35.6 Å². The smallest absolute Gasteiger partial charge is 0.194 e. The fourth-order valence-electron chi connectivity index (χ4n) is 3.02. The van der Waals surface area contributed by atoms with Crippen molar-refractivity contribution in [3.05, 3.63) is 57.8 Å². The van der Waals surface area contributed by atoms with Gasteiger partial charge in [-0.2, -0.15) is 5.26 Å². The van der Waals surface area contributed by atoms with E-state index in [0.717, 1.165) is 50.8 Å². The van der Waals surface area contributed by atoms with Gasteiger partial charge >= 0.3 is 0 Å². The highest BCUT2D eigenvalue weighted by Gasteiger charge is 2.19. The first-order valence-electron chi connectivity index (χ1n) is 9.05. The van der Waals surface area contributed by atoms with E-state index >= 15 is 0 Å². The molecule has 0 unspecified atom stereocenters. The summed E-state index contributed by atoms with van der Waals surface area (Å²) in [5.74, 6) is 0.979. The van der Waals surface area contributed by atoms with Crippen LogP contribution in [-0.4, -0.2) is 48.5 Å². The number of aliphatic imine (C=N–C) groups is 1. The number of guanidine groups is 1. The van der Waals surface area contributed by atoms with E-state index in [2.05, 4.69) is 45.6 Å². The Morgan fingerprint density at radius 1 is 1.19 bits per heavy atom. The van der Waals surface area contributed by atoms with E-state index in [4.69, 9.17) is 10.3 Å². The van der Waals surface area contributed by atoms with Crippen LogP contribution in [0.2, 0.25) is 0 Å². The van der Waals surface area contributed by atoms with Gasteiger partial charge in [-0.25, -0.2) is 4.99 Å². The number of piperazine rings is 1. The van der Waals surface area contributed by atoms with Crippen LogP contribution >= 0.6 is 35.3 Å². The van der Waals surface area contributed by atoms with Gasteiger partial charge in [0.15, 0.2) is 5.96 Å². The Kier molecular flexibility index (Phi) is 9.04. The summed E-state index contributed by atoms with van der Waals surface area (Å²) in [6.07, 6.45) is 0. The molecule has 1 N–H and O–H groups in total. The third-order valence-corrected chi connectivity index (χ3v) is 5.32. The molecule has 0 amide bonds. The lowest BCUT2D eigenvalue weighted by molar-refractivity contribution is 0.173. The van der Waals surface area contributed by atoms with E-state index in [-0.39, 0.29) is 24.0 Å². The monoisotopic (exact) mass is 495 g/mol. The highest BCUT2D eigenvalue weighted by Crippen LogP contribution is 2.14. The first-order valence-corrected chi connectivity index (χ1v) is 9.93. The zero-order valence-electron chi connectivity index (χ0n) is 15.6. The fraction of sp³-hybridized carbons (Fsp3) is 0.400. The van der Waals surface area contributed by atoms with Gasteiger partial charge in [0.25, 0.3) is 0 Å². The number of hydrogen-bond donors (Lipinski definition) is 1. The van der Waals surface area contributed by atoms with Gasteiger partial charge in [0.2, 0.25) is 0 Å². The van der Waals surface area contributed by atoms with Crippen LogP contribution in [0, 0.1) is 11.3 Å². The molecule has 1 aromatic carbocycles. The average molecular weight is 495 g/mol. The molecule has 7 heteroatoms. The number of nitrogens with one attached hydrogen (secondary N) is 1. The summed E-state index contributed by atoms with van der Waals surface area (Å²) in [5.41, 5.74) is 1.81. The first kappa shape index (κ1) is 21.7. The third-order valence-electron chi connectivity index (χ3n) is 4.46. The summed E-state index contributed by atoms with van der Waals surface area (Å²) in [6, 6.07) is 14.1. The largest absolute Gasteiger partial charge is 0.357 e. The molecule has 2 aromatic rings. The van der Waals surface area contributed by atoms with Crippen LogP contribution in [0.4, 0.5) is 0 Å². The van der Waals surface area contributed by atoms with E-state index in [0.29, 0.717) is 12.1 Å². The summed E-state index contributed by atoms with van der Waals surface area (Å²) in [4.78, 5) is 11.1. The molecular weight excluding hydrogens is 469 g/mol. The molecule has 3 rings (SSSR count). The summed E-state index contributed by atoms with van der Waals surface area (Å²) in [6.45, 7) is 8.73. The Bertz CT molecular complexity index is 744. The number of thiophene rings is 1. The van der Waals surface area contributed by atoms with E-state index in [1.165, 1.54) is 4.88 Å². The van der Waals surface area contributed by atoms with E-state index in [9.17, 15) is 0 Å². The van der Waals surface area contributed by atoms with Gasteiger partial charge in [0.05, 0.1) is 18.2 Å². The zero-order chi connectivity index (χ0) is 18.2. The SMILES string of the molecule is CCNC(=NCc1ccc(C#N)cc1)N1CCN(Cc2cccs2)CC1.I. The van der Waals surface area contributed by atoms with Crippen molar-refractivity contribution in [2.45, 2.75) is 20.0 Å². The molecule has 0 saturated carbocycles. The minimum atomic E-state index is 0. The number of hydrogen-bond acceptors (Lipinski definition) is 4. The van der Waals surface area contributed by atoms with Crippen LogP contribution in [0.15, 0.2) is 46.8 Å².